The van der Waals surface area contributed by atoms with Crippen LogP contribution in [-0.4, -0.2) is 37.4 Å². The normalized spacial score (nSPS) is 17.4. The number of allylic oxidation sites excluding steroid dienone is 1. The van der Waals surface area contributed by atoms with Crippen molar-refractivity contribution in [2.24, 2.45) is 5.10 Å². The number of hydrogen-bond acceptors (Lipinski definition) is 2. The third-order valence-corrected chi connectivity index (χ3v) is 6.28. The predicted octanol–water partition coefficient (Wildman–Crippen LogP) is 4.22. The van der Waals surface area contributed by atoms with Crippen LogP contribution in [0.2, 0.25) is 0 Å². The van der Waals surface area contributed by atoms with E-state index in [2.05, 4.69) is 58.6 Å². The fraction of sp³-hybridized carbons (Fsp3) is 0.192. The zero-order valence-electron chi connectivity index (χ0n) is 16.8. The van der Waals surface area contributed by atoms with Crippen molar-refractivity contribution in [3.05, 3.63) is 101 Å². The maximum absolute atomic E-state index is 6.36. The lowest BCUT2D eigenvalue weighted by atomic mass is 10.0. The monoisotopic (exact) mass is 414 g/mol. The van der Waals surface area contributed by atoms with E-state index in [1.54, 1.807) is 11.1 Å². The van der Waals surface area contributed by atoms with Gasteiger partial charge in [-0.25, -0.2) is 0 Å². The molecule has 30 heavy (non-hydrogen) atoms. The van der Waals surface area contributed by atoms with Gasteiger partial charge in [-0.15, -0.1) is 0 Å². The van der Waals surface area contributed by atoms with Crippen molar-refractivity contribution in [3.63, 3.8) is 0 Å². The molecule has 1 saturated heterocycles. The molecule has 0 bridgehead atoms. The van der Waals surface area contributed by atoms with Crippen LogP contribution in [0, 0.1) is 0 Å². The van der Waals surface area contributed by atoms with Gasteiger partial charge in [-0.3, -0.25) is 5.01 Å². The fourth-order valence-electron chi connectivity index (χ4n) is 4.66. The smallest absolute Gasteiger partial charge is 0.140 e. The van der Waals surface area contributed by atoms with Gasteiger partial charge in [-0.2, -0.15) is 5.10 Å². The Hall–Kier alpha value is -2.88. The van der Waals surface area contributed by atoms with Crippen LogP contribution < -0.4 is 4.90 Å². The van der Waals surface area contributed by atoms with E-state index in [0.717, 1.165) is 31.7 Å². The van der Waals surface area contributed by atoms with Crippen LogP contribution in [0.25, 0.3) is 17.2 Å². The van der Waals surface area contributed by atoms with E-state index in [0.29, 0.717) is 11.1 Å². The number of halogens is 1. The number of quaternary nitrogens is 1. The molecule has 0 saturated carbocycles. The number of nitrogens with zero attached hydrogens (tertiary/aromatic N) is 2. The van der Waals surface area contributed by atoms with Crippen molar-refractivity contribution in [1.29, 1.82) is 0 Å². The number of fused-ring (bicyclic) bond motifs is 3. The SMILES string of the molecule is ClC(/C=N\N1CC[NH+](C2c3ccccc3-c3ccccc32)CC1)=C\c1ccccc1. The molecule has 1 fully saturated rings. The van der Waals surface area contributed by atoms with E-state index in [4.69, 9.17) is 11.6 Å². The predicted molar refractivity (Wildman–Crippen MR) is 125 cm³/mol. The largest absolute Gasteiger partial charge is 0.322 e. The first-order chi connectivity index (χ1) is 14.8. The highest BCUT2D eigenvalue weighted by Gasteiger charge is 2.37. The topological polar surface area (TPSA) is 20.0 Å². The molecule has 3 aromatic rings. The first-order valence-electron chi connectivity index (χ1n) is 10.5. The Morgan fingerprint density at radius 2 is 1.40 bits per heavy atom. The van der Waals surface area contributed by atoms with Crippen LogP contribution in [0.4, 0.5) is 0 Å². The number of piperazine rings is 1. The number of nitrogens with one attached hydrogen (secondary N) is 1. The van der Waals surface area contributed by atoms with Gasteiger partial charge < -0.3 is 4.90 Å². The minimum Gasteiger partial charge on any atom is -0.322 e. The lowest BCUT2D eigenvalue weighted by Gasteiger charge is -2.34. The van der Waals surface area contributed by atoms with E-state index >= 15 is 0 Å². The van der Waals surface area contributed by atoms with Gasteiger partial charge in [0.2, 0.25) is 0 Å². The molecule has 0 aromatic heterocycles. The molecule has 3 nitrogen and oxygen atoms in total. The third-order valence-electron chi connectivity index (χ3n) is 6.07. The van der Waals surface area contributed by atoms with Crippen molar-refractivity contribution in [1.82, 2.24) is 5.01 Å². The van der Waals surface area contributed by atoms with Gasteiger partial charge in [0.25, 0.3) is 0 Å². The Labute approximate surface area is 182 Å². The van der Waals surface area contributed by atoms with Gasteiger partial charge in [-0.05, 0) is 22.8 Å². The summed E-state index contributed by atoms with van der Waals surface area (Å²) in [7, 11) is 0. The minimum absolute atomic E-state index is 0.421. The molecule has 1 aliphatic carbocycles. The number of rotatable bonds is 4. The summed E-state index contributed by atoms with van der Waals surface area (Å²) < 4.78 is 0. The highest BCUT2D eigenvalue weighted by molar-refractivity contribution is 6.41. The lowest BCUT2D eigenvalue weighted by Crippen LogP contribution is -3.14. The average Bonchev–Trinajstić information content (AvgIpc) is 3.13. The average molecular weight is 415 g/mol. The number of hydrogen-bond donors (Lipinski definition) is 1. The van der Waals surface area contributed by atoms with Crippen LogP contribution in [0.15, 0.2) is 89.0 Å². The molecule has 2 aliphatic rings. The molecule has 1 N–H and O–H groups in total. The Balaban J connectivity index is 1.27. The second kappa shape index (κ2) is 8.47. The minimum atomic E-state index is 0.421. The Morgan fingerprint density at radius 3 is 2.03 bits per heavy atom. The highest BCUT2D eigenvalue weighted by Crippen LogP contribution is 2.41. The summed E-state index contributed by atoms with van der Waals surface area (Å²) in [6.07, 6.45) is 3.71. The van der Waals surface area contributed by atoms with Gasteiger partial charge in [0.1, 0.15) is 6.04 Å². The van der Waals surface area contributed by atoms with Crippen molar-refractivity contribution in [3.8, 4) is 11.1 Å². The fourth-order valence-corrected chi connectivity index (χ4v) is 4.83. The molecular weight excluding hydrogens is 390 g/mol. The molecule has 3 aromatic carbocycles. The zero-order chi connectivity index (χ0) is 20.3. The molecular formula is C26H25ClN3+. The molecule has 4 heteroatoms. The van der Waals surface area contributed by atoms with Crippen LogP contribution in [0.5, 0.6) is 0 Å². The zero-order valence-corrected chi connectivity index (χ0v) is 17.6. The molecule has 0 spiro atoms. The summed E-state index contributed by atoms with van der Waals surface area (Å²) in [5.74, 6) is 0. The van der Waals surface area contributed by atoms with Crippen molar-refractivity contribution >= 4 is 23.9 Å². The van der Waals surface area contributed by atoms with E-state index < -0.39 is 0 Å². The summed E-state index contributed by atoms with van der Waals surface area (Å²) in [5, 5.41) is 7.41. The quantitative estimate of drug-likeness (QED) is 0.633. The van der Waals surface area contributed by atoms with E-state index in [1.807, 2.05) is 36.4 Å². The van der Waals surface area contributed by atoms with Crippen molar-refractivity contribution in [2.75, 3.05) is 26.2 Å². The molecule has 0 radical (unpaired) electrons. The van der Waals surface area contributed by atoms with Crippen LogP contribution in [0.3, 0.4) is 0 Å². The second-order valence-electron chi connectivity index (χ2n) is 7.90. The maximum atomic E-state index is 6.36. The first-order valence-corrected chi connectivity index (χ1v) is 10.9. The van der Waals surface area contributed by atoms with Crippen molar-refractivity contribution in [2.45, 2.75) is 6.04 Å². The van der Waals surface area contributed by atoms with Gasteiger partial charge in [-0.1, -0.05) is 90.5 Å². The molecule has 0 amide bonds. The van der Waals surface area contributed by atoms with E-state index in [9.17, 15) is 0 Å². The van der Waals surface area contributed by atoms with Crippen LogP contribution in [0.1, 0.15) is 22.7 Å². The molecule has 1 aliphatic heterocycles. The molecule has 150 valence electrons. The van der Waals surface area contributed by atoms with E-state index in [-0.39, 0.29) is 0 Å². The maximum Gasteiger partial charge on any atom is 0.140 e. The van der Waals surface area contributed by atoms with Gasteiger partial charge in [0, 0.05) is 11.1 Å². The van der Waals surface area contributed by atoms with Crippen LogP contribution >= 0.6 is 11.6 Å². The standard InChI is InChI=1S/C26H24ClN3/c27-21(18-20-8-2-1-3-9-20)19-28-30-16-14-29(15-17-30)26-24-12-6-4-10-22(24)23-11-5-7-13-25(23)26/h1-13,18-19,26H,14-17H2/p+1/b21-18-,28-19-. The van der Waals surface area contributed by atoms with Gasteiger partial charge in [0.05, 0.1) is 37.4 Å². The molecule has 0 atom stereocenters. The van der Waals surface area contributed by atoms with Gasteiger partial charge >= 0.3 is 0 Å². The molecule has 1 heterocycles. The van der Waals surface area contributed by atoms with E-state index in [1.165, 1.54) is 22.3 Å². The van der Waals surface area contributed by atoms with Crippen LogP contribution in [-0.2, 0) is 0 Å². The third kappa shape index (κ3) is 3.79. The van der Waals surface area contributed by atoms with Gasteiger partial charge in [0.15, 0.2) is 0 Å². The Kier molecular flexibility index (Phi) is 5.39. The number of benzene rings is 3. The molecule has 0 unspecified atom stereocenters. The summed E-state index contributed by atoms with van der Waals surface area (Å²) in [6, 6.07) is 28.2. The first kappa shape index (κ1) is 19.1. The number of hydrazone groups is 1. The lowest BCUT2D eigenvalue weighted by molar-refractivity contribution is -0.929. The van der Waals surface area contributed by atoms with Crippen molar-refractivity contribution < 1.29 is 4.90 Å². The highest BCUT2D eigenvalue weighted by atomic mass is 35.5. The summed E-state index contributed by atoms with van der Waals surface area (Å²) in [5.41, 5.74) is 6.79. The Morgan fingerprint density at radius 1 is 0.833 bits per heavy atom. The summed E-state index contributed by atoms with van der Waals surface area (Å²) in [6.45, 7) is 3.99. The summed E-state index contributed by atoms with van der Waals surface area (Å²) in [4.78, 5) is 1.62. The Bertz CT molecular complexity index is 1040. The summed E-state index contributed by atoms with van der Waals surface area (Å²) >= 11 is 6.36. The molecule has 5 rings (SSSR count). The second-order valence-corrected chi connectivity index (χ2v) is 8.34.